The minimum atomic E-state index is -4.02. The number of ether oxygens (including phenoxy) is 1. The van der Waals surface area contributed by atoms with Gasteiger partial charge in [-0.3, -0.25) is 14.1 Å². The fraction of sp³-hybridized carbons (Fsp3) is 0.0952. The van der Waals surface area contributed by atoms with Crippen LogP contribution in [0.3, 0.4) is 0 Å². The van der Waals surface area contributed by atoms with Crippen molar-refractivity contribution in [1.29, 1.82) is 0 Å². The summed E-state index contributed by atoms with van der Waals surface area (Å²) in [5, 5.41) is 13.7. The second-order valence-electron chi connectivity index (χ2n) is 6.38. The van der Waals surface area contributed by atoms with Gasteiger partial charge < -0.3 is 9.84 Å². The standard InChI is InChI=1S/C21H19BrN4O5S/c1-31-19-11-15(10-18(22)21(19)28)12-24-25-20(27)14-26(16-6-5-9-23-13-16)32(29,30)17-7-3-2-4-8-17/h2-13,28H,14H2,1H3,(H,25,27)/b24-12-. The van der Waals surface area contributed by atoms with E-state index in [1.165, 1.54) is 43.9 Å². The van der Waals surface area contributed by atoms with Crippen molar-refractivity contribution in [1.82, 2.24) is 10.4 Å². The normalized spacial score (nSPS) is 11.3. The molecule has 3 aromatic rings. The second-order valence-corrected chi connectivity index (χ2v) is 9.10. The van der Waals surface area contributed by atoms with Crippen molar-refractivity contribution in [3.8, 4) is 11.5 Å². The molecule has 9 nitrogen and oxygen atoms in total. The van der Waals surface area contributed by atoms with E-state index in [2.05, 4.69) is 31.4 Å². The molecule has 0 aliphatic heterocycles. The number of nitrogens with one attached hydrogen (secondary N) is 1. The molecule has 2 aromatic carbocycles. The van der Waals surface area contributed by atoms with Gasteiger partial charge in [-0.2, -0.15) is 5.10 Å². The summed E-state index contributed by atoms with van der Waals surface area (Å²) in [4.78, 5) is 16.5. The Bertz CT molecular complexity index is 1220. The number of hydrogen-bond donors (Lipinski definition) is 2. The van der Waals surface area contributed by atoms with Crippen molar-refractivity contribution < 1.29 is 23.1 Å². The summed E-state index contributed by atoms with van der Waals surface area (Å²) in [6.45, 7) is -0.511. The quantitative estimate of drug-likeness (QED) is 0.349. The number of rotatable bonds is 8. The predicted octanol–water partition coefficient (Wildman–Crippen LogP) is 2.90. The Labute approximate surface area is 193 Å². The minimum absolute atomic E-state index is 0.0428. The number of amides is 1. The Morgan fingerprint density at radius 2 is 2.00 bits per heavy atom. The molecule has 0 saturated heterocycles. The highest BCUT2D eigenvalue weighted by molar-refractivity contribution is 9.10. The molecule has 0 unspecified atom stereocenters. The number of benzene rings is 2. The number of phenols is 1. The average Bonchev–Trinajstić information content (AvgIpc) is 2.80. The molecule has 1 aromatic heterocycles. The number of halogens is 1. The number of aromatic nitrogens is 1. The van der Waals surface area contributed by atoms with E-state index in [1.54, 1.807) is 36.4 Å². The summed E-state index contributed by atoms with van der Waals surface area (Å²) < 4.78 is 32.7. The smallest absolute Gasteiger partial charge is 0.264 e. The third kappa shape index (κ3) is 5.42. The van der Waals surface area contributed by atoms with Crippen molar-refractivity contribution in [2.45, 2.75) is 4.90 Å². The molecule has 1 heterocycles. The van der Waals surface area contributed by atoms with Crippen molar-refractivity contribution >= 4 is 43.8 Å². The van der Waals surface area contributed by atoms with Crippen LogP contribution in [0.15, 0.2) is 81.5 Å². The SMILES string of the molecule is COc1cc(/C=N\NC(=O)CN(c2cccnc2)S(=O)(=O)c2ccccc2)cc(Br)c1O. The molecule has 0 radical (unpaired) electrons. The van der Waals surface area contributed by atoms with Crippen LogP contribution in [-0.4, -0.2) is 44.3 Å². The zero-order valence-corrected chi connectivity index (χ0v) is 19.2. The lowest BCUT2D eigenvalue weighted by atomic mass is 10.2. The van der Waals surface area contributed by atoms with Gasteiger partial charge in [0.1, 0.15) is 6.54 Å². The van der Waals surface area contributed by atoms with E-state index < -0.39 is 22.5 Å². The molecule has 0 fully saturated rings. The molecule has 0 spiro atoms. The van der Waals surface area contributed by atoms with E-state index in [0.29, 0.717) is 10.0 Å². The second kappa shape index (κ2) is 10.2. The monoisotopic (exact) mass is 518 g/mol. The van der Waals surface area contributed by atoms with Gasteiger partial charge in [0.15, 0.2) is 11.5 Å². The largest absolute Gasteiger partial charge is 0.503 e. The van der Waals surface area contributed by atoms with E-state index in [1.807, 2.05) is 0 Å². The molecule has 11 heteroatoms. The number of pyridine rings is 1. The van der Waals surface area contributed by atoms with Crippen LogP contribution in [0.25, 0.3) is 0 Å². The lowest BCUT2D eigenvalue weighted by Gasteiger charge is -2.23. The number of hydrogen-bond acceptors (Lipinski definition) is 7. The van der Waals surface area contributed by atoms with Crippen LogP contribution in [0, 0.1) is 0 Å². The van der Waals surface area contributed by atoms with E-state index in [9.17, 15) is 18.3 Å². The van der Waals surface area contributed by atoms with Crippen LogP contribution in [0.2, 0.25) is 0 Å². The average molecular weight is 519 g/mol. The highest BCUT2D eigenvalue weighted by Crippen LogP contribution is 2.34. The third-order valence-corrected chi connectivity index (χ3v) is 6.62. The van der Waals surface area contributed by atoms with Crippen LogP contribution in [0.1, 0.15) is 5.56 Å². The van der Waals surface area contributed by atoms with Gasteiger partial charge in [-0.25, -0.2) is 13.8 Å². The molecule has 0 aliphatic carbocycles. The van der Waals surface area contributed by atoms with Gasteiger partial charge in [0, 0.05) is 6.20 Å². The molecular formula is C21H19BrN4O5S. The van der Waals surface area contributed by atoms with Crippen LogP contribution >= 0.6 is 15.9 Å². The Balaban J connectivity index is 1.79. The number of hydrazone groups is 1. The molecular weight excluding hydrogens is 500 g/mol. The number of aromatic hydroxyl groups is 1. The Kier molecular flexibility index (Phi) is 7.44. The van der Waals surface area contributed by atoms with Gasteiger partial charge in [0.25, 0.3) is 15.9 Å². The summed E-state index contributed by atoms with van der Waals surface area (Å²) in [5.41, 5.74) is 3.09. The van der Waals surface area contributed by atoms with Gasteiger partial charge in [-0.05, 0) is 57.9 Å². The first-order valence-electron chi connectivity index (χ1n) is 9.19. The Morgan fingerprint density at radius 1 is 1.25 bits per heavy atom. The van der Waals surface area contributed by atoms with Crippen LogP contribution in [-0.2, 0) is 14.8 Å². The van der Waals surface area contributed by atoms with Gasteiger partial charge in [0.2, 0.25) is 0 Å². The van der Waals surface area contributed by atoms with Crippen molar-refractivity contribution in [2.75, 3.05) is 18.0 Å². The predicted molar refractivity (Wildman–Crippen MR) is 123 cm³/mol. The third-order valence-electron chi connectivity index (χ3n) is 4.23. The number of anilines is 1. The maximum Gasteiger partial charge on any atom is 0.264 e. The minimum Gasteiger partial charge on any atom is -0.503 e. The van der Waals surface area contributed by atoms with E-state index >= 15 is 0 Å². The molecule has 0 atom stereocenters. The lowest BCUT2D eigenvalue weighted by Crippen LogP contribution is -2.39. The maximum atomic E-state index is 13.1. The van der Waals surface area contributed by atoms with Crippen LogP contribution in [0.5, 0.6) is 11.5 Å². The molecule has 166 valence electrons. The van der Waals surface area contributed by atoms with Crippen molar-refractivity contribution in [2.24, 2.45) is 5.10 Å². The number of sulfonamides is 1. The first kappa shape index (κ1) is 23.2. The van der Waals surface area contributed by atoms with Gasteiger partial charge in [-0.1, -0.05) is 18.2 Å². The first-order chi connectivity index (χ1) is 15.3. The highest BCUT2D eigenvalue weighted by Gasteiger charge is 2.27. The zero-order chi connectivity index (χ0) is 23.1. The van der Waals surface area contributed by atoms with E-state index in [-0.39, 0.29) is 22.1 Å². The number of carbonyl (C=O) groups excluding carboxylic acids is 1. The van der Waals surface area contributed by atoms with E-state index in [0.717, 1.165) is 4.31 Å². The number of phenolic OH excluding ortho intramolecular Hbond substituents is 1. The number of methoxy groups -OCH3 is 1. The molecule has 0 bridgehead atoms. The van der Waals surface area contributed by atoms with Crippen molar-refractivity contribution in [3.05, 3.63) is 77.0 Å². The Morgan fingerprint density at radius 3 is 2.66 bits per heavy atom. The topological polar surface area (TPSA) is 121 Å². The van der Waals surface area contributed by atoms with Crippen molar-refractivity contribution in [3.63, 3.8) is 0 Å². The molecule has 2 N–H and O–H groups in total. The first-order valence-corrected chi connectivity index (χ1v) is 11.4. The summed E-state index contributed by atoms with van der Waals surface area (Å²) >= 11 is 3.20. The highest BCUT2D eigenvalue weighted by atomic mass is 79.9. The number of nitrogens with zero attached hydrogens (tertiary/aromatic N) is 3. The molecule has 0 saturated carbocycles. The summed E-state index contributed by atoms with van der Waals surface area (Å²) in [5.74, 6) is -0.495. The lowest BCUT2D eigenvalue weighted by molar-refractivity contribution is -0.119. The molecule has 32 heavy (non-hydrogen) atoms. The Hall–Kier alpha value is -3.44. The van der Waals surface area contributed by atoms with Gasteiger partial charge in [-0.15, -0.1) is 0 Å². The molecule has 1 amide bonds. The van der Waals surface area contributed by atoms with Crippen LogP contribution in [0.4, 0.5) is 5.69 Å². The molecule has 3 rings (SSSR count). The molecule has 0 aliphatic rings. The summed E-state index contributed by atoms with van der Waals surface area (Å²) in [6.07, 6.45) is 4.20. The van der Waals surface area contributed by atoms with E-state index in [4.69, 9.17) is 4.74 Å². The number of carbonyl (C=O) groups is 1. The van der Waals surface area contributed by atoms with Gasteiger partial charge in [0.05, 0.1) is 34.6 Å². The van der Waals surface area contributed by atoms with Crippen LogP contribution < -0.4 is 14.5 Å². The summed E-state index contributed by atoms with van der Waals surface area (Å²) in [7, 11) is -2.61. The zero-order valence-electron chi connectivity index (χ0n) is 16.8. The fourth-order valence-electron chi connectivity index (χ4n) is 2.70. The summed E-state index contributed by atoms with van der Waals surface area (Å²) in [6, 6.07) is 14.0. The fourth-order valence-corrected chi connectivity index (χ4v) is 4.59. The maximum absolute atomic E-state index is 13.1. The van der Waals surface area contributed by atoms with Gasteiger partial charge >= 0.3 is 0 Å².